The molecule has 0 saturated heterocycles. The summed E-state index contributed by atoms with van der Waals surface area (Å²) in [5.41, 5.74) is 6.66. The van der Waals surface area contributed by atoms with E-state index < -0.39 is 0 Å². The third-order valence-corrected chi connectivity index (χ3v) is 6.51. The number of rotatable bonds is 12. The molecule has 1 N–H and O–H groups in total. The summed E-state index contributed by atoms with van der Waals surface area (Å²) in [5, 5.41) is 0. The molecule has 0 saturated carbocycles. The number of benzene rings is 2. The topological polar surface area (TPSA) is 21.3 Å². The summed E-state index contributed by atoms with van der Waals surface area (Å²) in [7, 11) is 2.40. The zero-order chi connectivity index (χ0) is 21.3. The third kappa shape index (κ3) is 8.20. The molecule has 30 heavy (non-hydrogen) atoms. The van der Waals surface area contributed by atoms with Gasteiger partial charge in [0.05, 0.1) is 31.4 Å². The molecule has 0 amide bonds. The van der Waals surface area contributed by atoms with E-state index in [4.69, 9.17) is 4.84 Å². The summed E-state index contributed by atoms with van der Waals surface area (Å²) in [6.07, 6.45) is 4.76. The zero-order valence-electron chi connectivity index (χ0n) is 19.7. The molecular formula is C26H41IN2O. The van der Waals surface area contributed by atoms with Gasteiger partial charge in [-0.1, -0.05) is 54.4 Å². The van der Waals surface area contributed by atoms with Crippen LogP contribution in [0.15, 0.2) is 54.6 Å². The Balaban J connectivity index is 0.00000450. The lowest BCUT2D eigenvalue weighted by Gasteiger charge is -2.42. The van der Waals surface area contributed by atoms with Gasteiger partial charge in [-0.15, -0.1) is 0 Å². The molecule has 0 fully saturated rings. The Morgan fingerprint density at radius 1 is 0.833 bits per heavy atom. The van der Waals surface area contributed by atoms with Crippen LogP contribution in [0.4, 0.5) is 5.69 Å². The normalized spacial score (nSPS) is 12.7. The van der Waals surface area contributed by atoms with Gasteiger partial charge in [-0.3, -0.25) is 10.3 Å². The molecule has 0 spiro atoms. The summed E-state index contributed by atoms with van der Waals surface area (Å²) < 4.78 is 1.15. The van der Waals surface area contributed by atoms with E-state index in [0.717, 1.165) is 16.6 Å². The van der Waals surface area contributed by atoms with Crippen LogP contribution in [0.5, 0.6) is 0 Å². The zero-order valence-corrected chi connectivity index (χ0v) is 21.9. The van der Waals surface area contributed by atoms with E-state index >= 15 is 0 Å². The molecule has 2 aromatic rings. The first-order chi connectivity index (χ1) is 13.8. The van der Waals surface area contributed by atoms with Gasteiger partial charge in [-0.2, -0.15) is 0 Å². The van der Waals surface area contributed by atoms with Crippen LogP contribution >= 0.6 is 0 Å². The number of hydrogen-bond donors (Lipinski definition) is 1. The highest BCUT2D eigenvalue weighted by Crippen LogP contribution is 2.26. The van der Waals surface area contributed by atoms with Crippen LogP contribution in [0, 0.1) is 6.92 Å². The molecule has 1 unspecified atom stereocenters. The Hall–Kier alpha value is -1.11. The quantitative estimate of drug-likeness (QED) is 0.197. The number of nitrogens with one attached hydrogen (secondary N) is 1. The summed E-state index contributed by atoms with van der Waals surface area (Å²) in [6, 6.07) is 20.2. The van der Waals surface area contributed by atoms with Crippen molar-refractivity contribution in [1.82, 2.24) is 0 Å². The fourth-order valence-corrected chi connectivity index (χ4v) is 3.79. The molecule has 1 atom stereocenters. The lowest BCUT2D eigenvalue weighted by atomic mass is 10.0. The second-order valence-electron chi connectivity index (χ2n) is 9.09. The molecule has 0 aliphatic rings. The number of unbranched alkanes of at least 4 members (excludes halogenated alkanes) is 2. The molecule has 4 heteroatoms. The fraction of sp³-hybridized carbons (Fsp3) is 0.538. The molecule has 0 aromatic heterocycles. The van der Waals surface area contributed by atoms with Crippen LogP contribution in [0.2, 0.25) is 0 Å². The van der Waals surface area contributed by atoms with Crippen LogP contribution < -0.4 is 29.5 Å². The van der Waals surface area contributed by atoms with Gasteiger partial charge in [0.25, 0.3) is 0 Å². The number of halogens is 1. The predicted molar refractivity (Wildman–Crippen MR) is 125 cm³/mol. The van der Waals surface area contributed by atoms with Crippen molar-refractivity contribution in [2.75, 3.05) is 19.1 Å². The standard InChI is InChI=1S/C26H41N2O.HI/c1-21(2)28(6,22(3)4)20-12-8-11-15-26(24-18-16-23(5)17-19-24)29-27-25-13-9-7-10-14-25;/h7,9-10,13-14,16-19,21-22,26-27H,8,11-12,15,20H2,1-6H3;1H/q+1;/p-1. The predicted octanol–water partition coefficient (Wildman–Crippen LogP) is 3.91. The average Bonchev–Trinajstić information content (AvgIpc) is 2.71. The summed E-state index contributed by atoms with van der Waals surface area (Å²) >= 11 is 0. The minimum absolute atomic E-state index is 0. The molecule has 0 radical (unpaired) electrons. The Bertz CT molecular complexity index is 693. The minimum Gasteiger partial charge on any atom is -1.00 e. The summed E-state index contributed by atoms with van der Waals surface area (Å²) in [5.74, 6) is 0. The minimum atomic E-state index is 0. The molecular weight excluding hydrogens is 483 g/mol. The highest BCUT2D eigenvalue weighted by molar-refractivity contribution is 5.40. The Labute approximate surface area is 201 Å². The number of hydrogen-bond acceptors (Lipinski definition) is 2. The third-order valence-electron chi connectivity index (χ3n) is 6.51. The highest BCUT2D eigenvalue weighted by Gasteiger charge is 2.28. The van der Waals surface area contributed by atoms with Crippen molar-refractivity contribution in [1.29, 1.82) is 0 Å². The van der Waals surface area contributed by atoms with Crippen LogP contribution in [0.1, 0.15) is 70.6 Å². The number of aryl methyl sites for hydroxylation is 1. The van der Waals surface area contributed by atoms with Crippen LogP contribution in [-0.2, 0) is 4.84 Å². The van der Waals surface area contributed by atoms with Crippen molar-refractivity contribution in [3.05, 3.63) is 65.7 Å². The molecule has 2 aromatic carbocycles. The lowest BCUT2D eigenvalue weighted by Crippen LogP contribution is -3.00. The molecule has 3 nitrogen and oxygen atoms in total. The van der Waals surface area contributed by atoms with E-state index in [0.29, 0.717) is 12.1 Å². The Kier molecular flexibility index (Phi) is 12.0. The molecule has 168 valence electrons. The number of quaternary nitrogens is 1. The molecule has 0 heterocycles. The SMILES string of the molecule is Cc1ccc(C(CCCCC[N+](C)(C(C)C)C(C)C)ONc2ccccc2)cc1.[I-]. The van der Waals surface area contributed by atoms with Crippen LogP contribution in [-0.4, -0.2) is 30.2 Å². The lowest BCUT2D eigenvalue weighted by molar-refractivity contribution is -0.949. The van der Waals surface area contributed by atoms with E-state index in [1.54, 1.807) is 0 Å². The van der Waals surface area contributed by atoms with Gasteiger partial charge in [0, 0.05) is 0 Å². The van der Waals surface area contributed by atoms with Crippen molar-refractivity contribution in [3.8, 4) is 0 Å². The molecule has 0 aliphatic carbocycles. The maximum Gasteiger partial charge on any atom is 0.110 e. The number of para-hydroxylation sites is 1. The van der Waals surface area contributed by atoms with Crippen molar-refractivity contribution >= 4 is 5.69 Å². The van der Waals surface area contributed by atoms with Gasteiger partial charge < -0.3 is 28.5 Å². The van der Waals surface area contributed by atoms with Gasteiger partial charge in [-0.05, 0) is 71.6 Å². The van der Waals surface area contributed by atoms with Gasteiger partial charge in [0.15, 0.2) is 0 Å². The highest BCUT2D eigenvalue weighted by atomic mass is 127. The molecule has 2 rings (SSSR count). The van der Waals surface area contributed by atoms with Crippen molar-refractivity contribution in [2.24, 2.45) is 0 Å². The van der Waals surface area contributed by atoms with Crippen LogP contribution in [0.3, 0.4) is 0 Å². The van der Waals surface area contributed by atoms with E-state index in [1.165, 1.54) is 36.9 Å². The van der Waals surface area contributed by atoms with Crippen molar-refractivity contribution < 1.29 is 33.3 Å². The first kappa shape index (κ1) is 26.9. The Morgan fingerprint density at radius 2 is 1.43 bits per heavy atom. The van der Waals surface area contributed by atoms with Crippen LogP contribution in [0.25, 0.3) is 0 Å². The van der Waals surface area contributed by atoms with Gasteiger partial charge in [0.1, 0.15) is 6.10 Å². The van der Waals surface area contributed by atoms with Gasteiger partial charge in [0.2, 0.25) is 0 Å². The largest absolute Gasteiger partial charge is 1.00 e. The van der Waals surface area contributed by atoms with Gasteiger partial charge >= 0.3 is 0 Å². The first-order valence-corrected chi connectivity index (χ1v) is 11.2. The Morgan fingerprint density at radius 3 is 2.00 bits per heavy atom. The fourth-order valence-electron chi connectivity index (χ4n) is 3.79. The van der Waals surface area contributed by atoms with E-state index in [-0.39, 0.29) is 30.1 Å². The number of anilines is 1. The number of nitrogens with zero attached hydrogens (tertiary/aromatic N) is 1. The average molecular weight is 525 g/mol. The molecule has 0 aliphatic heterocycles. The first-order valence-electron chi connectivity index (χ1n) is 11.2. The van der Waals surface area contributed by atoms with Crippen molar-refractivity contribution in [3.63, 3.8) is 0 Å². The van der Waals surface area contributed by atoms with Crippen molar-refractivity contribution in [2.45, 2.75) is 78.5 Å². The van der Waals surface area contributed by atoms with E-state index in [9.17, 15) is 0 Å². The molecule has 0 bridgehead atoms. The van der Waals surface area contributed by atoms with E-state index in [1.807, 2.05) is 30.3 Å². The second kappa shape index (κ2) is 13.3. The maximum atomic E-state index is 6.12. The monoisotopic (exact) mass is 524 g/mol. The second-order valence-corrected chi connectivity index (χ2v) is 9.09. The maximum absolute atomic E-state index is 6.12. The summed E-state index contributed by atoms with van der Waals surface area (Å²) in [6.45, 7) is 12.7. The van der Waals surface area contributed by atoms with E-state index in [2.05, 4.69) is 71.4 Å². The van der Waals surface area contributed by atoms with Gasteiger partial charge in [-0.25, -0.2) is 0 Å². The smallest absolute Gasteiger partial charge is 0.110 e. The summed E-state index contributed by atoms with van der Waals surface area (Å²) in [4.78, 5) is 6.12.